The maximum atomic E-state index is 11.9. The van der Waals surface area contributed by atoms with E-state index < -0.39 is 5.97 Å². The van der Waals surface area contributed by atoms with E-state index in [1.807, 2.05) is 13.8 Å². The molecule has 1 fully saturated rings. The Morgan fingerprint density at radius 3 is 2.67 bits per heavy atom. The molecule has 0 bridgehead atoms. The van der Waals surface area contributed by atoms with Crippen LogP contribution >= 0.6 is 11.8 Å². The van der Waals surface area contributed by atoms with Gasteiger partial charge in [0.1, 0.15) is 5.70 Å². The second-order valence-corrected chi connectivity index (χ2v) is 5.54. The number of nitrogens with zero attached hydrogens (tertiary/aromatic N) is 1. The molecule has 100 valence electrons. The first-order chi connectivity index (χ1) is 8.56. The summed E-state index contributed by atoms with van der Waals surface area (Å²) < 4.78 is 5.31. The number of carbonyl (C=O) groups is 2. The maximum Gasteiger partial charge on any atom is 0.353 e. The monoisotopic (exact) mass is 271 g/mol. The van der Waals surface area contributed by atoms with Crippen LogP contribution in [0.1, 0.15) is 26.7 Å². The van der Waals surface area contributed by atoms with E-state index in [1.165, 1.54) is 16.7 Å². The van der Waals surface area contributed by atoms with Gasteiger partial charge in [-0.05, 0) is 12.8 Å². The number of carboxylic acid groups (broad SMARTS) is 1. The lowest BCUT2D eigenvalue weighted by Crippen LogP contribution is -2.56. The third-order valence-corrected chi connectivity index (χ3v) is 4.96. The predicted octanol–water partition coefficient (Wildman–Crippen LogP) is 1.65. The van der Waals surface area contributed by atoms with Gasteiger partial charge in [0.25, 0.3) is 0 Å². The summed E-state index contributed by atoms with van der Waals surface area (Å²) in [6.45, 7) is 3.89. The number of thioether (sulfide) groups is 1. The number of hydrogen-bond donors (Lipinski definition) is 1. The Labute approximate surface area is 110 Å². The quantitative estimate of drug-likeness (QED) is 0.770. The largest absolute Gasteiger partial charge is 0.477 e. The van der Waals surface area contributed by atoms with Crippen molar-refractivity contribution in [2.24, 2.45) is 5.92 Å². The minimum atomic E-state index is -1.04. The molecule has 2 aliphatic rings. The highest BCUT2D eigenvalue weighted by atomic mass is 32.2. The fraction of sp³-hybridized carbons (Fsp3) is 0.667. The van der Waals surface area contributed by atoms with E-state index in [9.17, 15) is 14.7 Å². The molecule has 3 unspecified atom stereocenters. The summed E-state index contributed by atoms with van der Waals surface area (Å²) in [5, 5.41) is 9.25. The van der Waals surface area contributed by atoms with Gasteiger partial charge in [0.15, 0.2) is 0 Å². The van der Waals surface area contributed by atoms with E-state index in [4.69, 9.17) is 4.74 Å². The molecule has 0 aromatic carbocycles. The number of ether oxygens (including phenoxy) is 1. The minimum Gasteiger partial charge on any atom is -0.477 e. The fourth-order valence-electron chi connectivity index (χ4n) is 2.47. The SMILES string of the molecule is CCC(OC)C1=C(C(=O)O)N2C(=O)C(CC)C2S1. The smallest absolute Gasteiger partial charge is 0.353 e. The molecule has 2 heterocycles. The molecular formula is C12H17NO4S. The molecule has 0 spiro atoms. The molecule has 0 aromatic rings. The molecule has 0 saturated carbocycles. The molecule has 0 radical (unpaired) electrons. The first-order valence-corrected chi connectivity index (χ1v) is 6.94. The summed E-state index contributed by atoms with van der Waals surface area (Å²) in [6.07, 6.45) is 1.20. The van der Waals surface area contributed by atoms with Gasteiger partial charge in [-0.15, -0.1) is 0 Å². The van der Waals surface area contributed by atoms with Gasteiger partial charge in [-0.1, -0.05) is 25.6 Å². The van der Waals surface area contributed by atoms with Gasteiger partial charge in [-0.3, -0.25) is 9.69 Å². The van der Waals surface area contributed by atoms with E-state index in [0.717, 1.165) is 6.42 Å². The van der Waals surface area contributed by atoms with Crippen molar-refractivity contribution in [3.63, 3.8) is 0 Å². The Balaban J connectivity index is 2.34. The summed E-state index contributed by atoms with van der Waals surface area (Å²) in [4.78, 5) is 25.4. The van der Waals surface area contributed by atoms with Crippen LogP contribution in [-0.2, 0) is 14.3 Å². The Bertz CT molecular complexity index is 416. The van der Waals surface area contributed by atoms with Crippen LogP contribution < -0.4 is 0 Å². The molecule has 1 saturated heterocycles. The number of carboxylic acids is 1. The zero-order valence-electron chi connectivity index (χ0n) is 10.7. The molecule has 3 atom stereocenters. The highest BCUT2D eigenvalue weighted by molar-refractivity contribution is 8.04. The number of carbonyl (C=O) groups excluding carboxylic acids is 1. The first kappa shape index (κ1) is 13.4. The van der Waals surface area contributed by atoms with E-state index in [0.29, 0.717) is 11.3 Å². The van der Waals surface area contributed by atoms with Gasteiger partial charge in [-0.25, -0.2) is 4.79 Å². The van der Waals surface area contributed by atoms with Gasteiger partial charge in [0.05, 0.1) is 17.4 Å². The first-order valence-electron chi connectivity index (χ1n) is 6.06. The van der Waals surface area contributed by atoms with Crippen molar-refractivity contribution in [1.29, 1.82) is 0 Å². The number of β-lactam (4-membered cyclic amide) rings is 1. The zero-order chi connectivity index (χ0) is 13.4. The molecule has 18 heavy (non-hydrogen) atoms. The summed E-state index contributed by atoms with van der Waals surface area (Å²) in [7, 11) is 1.57. The second kappa shape index (κ2) is 4.93. The van der Waals surface area contributed by atoms with Crippen LogP contribution in [0.2, 0.25) is 0 Å². The zero-order valence-corrected chi connectivity index (χ0v) is 11.5. The molecule has 2 aliphatic heterocycles. The number of rotatable bonds is 5. The van der Waals surface area contributed by atoms with Gasteiger partial charge in [-0.2, -0.15) is 0 Å². The van der Waals surface area contributed by atoms with Crippen LogP contribution in [0.25, 0.3) is 0 Å². The highest BCUT2D eigenvalue weighted by Crippen LogP contribution is 2.51. The third-order valence-electron chi connectivity index (χ3n) is 3.47. The van der Waals surface area contributed by atoms with E-state index >= 15 is 0 Å². The molecule has 6 heteroatoms. The maximum absolute atomic E-state index is 11.9. The summed E-state index contributed by atoms with van der Waals surface area (Å²) >= 11 is 1.47. The van der Waals surface area contributed by atoms with Crippen molar-refractivity contribution in [1.82, 2.24) is 4.90 Å². The summed E-state index contributed by atoms with van der Waals surface area (Å²) in [6, 6.07) is 0. The number of fused-ring (bicyclic) bond motifs is 1. The van der Waals surface area contributed by atoms with Crippen molar-refractivity contribution in [2.75, 3.05) is 7.11 Å². The van der Waals surface area contributed by atoms with Crippen LogP contribution in [0, 0.1) is 5.92 Å². The van der Waals surface area contributed by atoms with Crippen LogP contribution in [0.15, 0.2) is 10.6 Å². The standard InChI is InChI=1S/C12H17NO4S/c1-4-6-10(14)13-8(12(15)16)9(18-11(6)13)7(5-2)17-3/h6-7,11H,4-5H2,1-3H3,(H,15,16). The molecule has 2 rings (SSSR count). The van der Waals surface area contributed by atoms with E-state index in [2.05, 4.69) is 0 Å². The number of hydrogen-bond acceptors (Lipinski definition) is 4. The summed E-state index contributed by atoms with van der Waals surface area (Å²) in [5.41, 5.74) is 0.119. The molecule has 1 N–H and O–H groups in total. The average Bonchev–Trinajstić information content (AvgIpc) is 2.67. The Hall–Kier alpha value is -1.01. The Morgan fingerprint density at radius 2 is 2.22 bits per heavy atom. The van der Waals surface area contributed by atoms with Crippen molar-refractivity contribution in [2.45, 2.75) is 38.2 Å². The minimum absolute atomic E-state index is 0.0483. The van der Waals surface area contributed by atoms with Gasteiger partial charge >= 0.3 is 5.97 Å². The molecule has 5 nitrogen and oxygen atoms in total. The lowest BCUT2D eigenvalue weighted by Gasteiger charge is -2.41. The third kappa shape index (κ3) is 1.75. The number of aliphatic carboxylic acids is 1. The fourth-order valence-corrected chi connectivity index (χ4v) is 4.23. The van der Waals surface area contributed by atoms with Crippen LogP contribution in [0.5, 0.6) is 0 Å². The highest BCUT2D eigenvalue weighted by Gasteiger charge is 2.55. The van der Waals surface area contributed by atoms with Crippen molar-refractivity contribution in [3.8, 4) is 0 Å². The van der Waals surface area contributed by atoms with Crippen molar-refractivity contribution < 1.29 is 19.4 Å². The topological polar surface area (TPSA) is 66.8 Å². The average molecular weight is 271 g/mol. The normalized spacial score (nSPS) is 28.2. The second-order valence-electron chi connectivity index (χ2n) is 4.38. The Kier molecular flexibility index (Phi) is 3.68. The predicted molar refractivity (Wildman–Crippen MR) is 67.8 cm³/mol. The van der Waals surface area contributed by atoms with Gasteiger partial charge in [0.2, 0.25) is 5.91 Å². The summed E-state index contributed by atoms with van der Waals surface area (Å²) in [5.74, 6) is -1.18. The van der Waals surface area contributed by atoms with E-state index in [1.54, 1.807) is 7.11 Å². The Morgan fingerprint density at radius 1 is 1.56 bits per heavy atom. The van der Waals surface area contributed by atoms with Crippen LogP contribution in [-0.4, -0.2) is 40.5 Å². The number of amides is 1. The molecule has 0 aliphatic carbocycles. The lowest BCUT2D eigenvalue weighted by atomic mass is 9.94. The molecule has 1 amide bonds. The molecule has 0 aromatic heterocycles. The van der Waals surface area contributed by atoms with Crippen molar-refractivity contribution in [3.05, 3.63) is 10.6 Å². The lowest BCUT2D eigenvalue weighted by molar-refractivity contribution is -0.151. The van der Waals surface area contributed by atoms with Gasteiger partial charge in [0, 0.05) is 12.0 Å². The molecular weight excluding hydrogens is 254 g/mol. The van der Waals surface area contributed by atoms with Crippen LogP contribution in [0.4, 0.5) is 0 Å². The van der Waals surface area contributed by atoms with E-state index in [-0.39, 0.29) is 29.0 Å². The van der Waals surface area contributed by atoms with Crippen molar-refractivity contribution >= 4 is 23.6 Å². The number of methoxy groups -OCH3 is 1. The van der Waals surface area contributed by atoms with Crippen LogP contribution in [0.3, 0.4) is 0 Å². The van der Waals surface area contributed by atoms with Gasteiger partial charge < -0.3 is 9.84 Å².